The fraction of sp³-hybridized carbons (Fsp3) is 0.391. The molecule has 28 heavy (non-hydrogen) atoms. The standard InChI is InChI=1S/C23H28N4O/c1-16-8-6-11-19-20(16)21(26-25-19)17-9-7-10-18(14-17)22(28)24-15-23(27(2)3)12-4-5-13-23/h6-11,14H,4-5,12-13,15H2,1-3H3,(H,24,28)(H,25,26). The summed E-state index contributed by atoms with van der Waals surface area (Å²) in [5.41, 5.74) is 4.79. The van der Waals surface area contributed by atoms with Gasteiger partial charge in [-0.15, -0.1) is 0 Å². The van der Waals surface area contributed by atoms with E-state index in [0.29, 0.717) is 12.1 Å². The lowest BCUT2D eigenvalue weighted by molar-refractivity contribution is 0.0900. The van der Waals surface area contributed by atoms with E-state index in [4.69, 9.17) is 0 Å². The minimum absolute atomic E-state index is 0.0217. The number of H-pyrrole nitrogens is 1. The number of carbonyl (C=O) groups excluding carboxylic acids is 1. The van der Waals surface area contributed by atoms with Crippen LogP contribution in [0.5, 0.6) is 0 Å². The van der Waals surface area contributed by atoms with Crippen LogP contribution in [0.2, 0.25) is 0 Å². The average Bonchev–Trinajstić information content (AvgIpc) is 3.35. The van der Waals surface area contributed by atoms with Crippen LogP contribution in [0.1, 0.15) is 41.6 Å². The molecule has 0 saturated heterocycles. The summed E-state index contributed by atoms with van der Waals surface area (Å²) in [4.78, 5) is 15.1. The highest BCUT2D eigenvalue weighted by Gasteiger charge is 2.36. The smallest absolute Gasteiger partial charge is 0.251 e. The zero-order chi connectivity index (χ0) is 19.7. The number of fused-ring (bicyclic) bond motifs is 1. The monoisotopic (exact) mass is 376 g/mol. The number of hydrogen-bond donors (Lipinski definition) is 2. The summed E-state index contributed by atoms with van der Waals surface area (Å²) in [6.07, 6.45) is 4.74. The SMILES string of the molecule is Cc1cccc2[nH]nc(-c3cccc(C(=O)NCC4(N(C)C)CCCC4)c3)c12. The number of nitrogens with zero attached hydrogens (tertiary/aromatic N) is 2. The molecule has 1 amide bonds. The van der Waals surface area contributed by atoms with Crippen LogP contribution in [-0.4, -0.2) is 47.2 Å². The van der Waals surface area contributed by atoms with Gasteiger partial charge in [0, 0.05) is 28.6 Å². The molecule has 1 heterocycles. The van der Waals surface area contributed by atoms with Gasteiger partial charge in [0.25, 0.3) is 5.91 Å². The van der Waals surface area contributed by atoms with E-state index >= 15 is 0 Å². The van der Waals surface area contributed by atoms with Crippen molar-refractivity contribution in [3.8, 4) is 11.3 Å². The van der Waals surface area contributed by atoms with Gasteiger partial charge in [-0.25, -0.2) is 0 Å². The number of aryl methyl sites for hydroxylation is 1. The van der Waals surface area contributed by atoms with Crippen LogP contribution in [0.4, 0.5) is 0 Å². The van der Waals surface area contributed by atoms with Crippen LogP contribution in [0, 0.1) is 6.92 Å². The lowest BCUT2D eigenvalue weighted by atomic mass is 9.95. The van der Waals surface area contributed by atoms with Gasteiger partial charge in [-0.3, -0.25) is 9.89 Å². The maximum atomic E-state index is 12.9. The molecule has 0 radical (unpaired) electrons. The van der Waals surface area contributed by atoms with Crippen molar-refractivity contribution < 1.29 is 4.79 Å². The minimum atomic E-state index is -0.0217. The first-order valence-corrected chi connectivity index (χ1v) is 10.00. The number of nitrogens with one attached hydrogen (secondary N) is 2. The van der Waals surface area contributed by atoms with Crippen molar-refractivity contribution in [2.24, 2.45) is 0 Å². The number of rotatable bonds is 5. The summed E-state index contributed by atoms with van der Waals surface area (Å²) in [7, 11) is 4.23. The molecule has 0 atom stereocenters. The van der Waals surface area contributed by atoms with E-state index in [1.54, 1.807) is 0 Å². The normalized spacial score (nSPS) is 16.0. The predicted molar refractivity (Wildman–Crippen MR) is 113 cm³/mol. The number of carbonyl (C=O) groups is 1. The summed E-state index contributed by atoms with van der Waals surface area (Å²) in [5, 5.41) is 11.9. The Bertz CT molecular complexity index is 999. The van der Waals surface area contributed by atoms with E-state index < -0.39 is 0 Å². The topological polar surface area (TPSA) is 61.0 Å². The third-order valence-corrected chi connectivity index (χ3v) is 6.26. The summed E-state index contributed by atoms with van der Waals surface area (Å²) in [6.45, 7) is 2.77. The lowest BCUT2D eigenvalue weighted by Gasteiger charge is -2.36. The number of benzene rings is 2. The molecule has 2 N–H and O–H groups in total. The maximum absolute atomic E-state index is 12.9. The van der Waals surface area contributed by atoms with Crippen molar-refractivity contribution >= 4 is 16.8 Å². The predicted octanol–water partition coefficient (Wildman–Crippen LogP) is 4.14. The first-order chi connectivity index (χ1) is 13.5. The lowest BCUT2D eigenvalue weighted by Crippen LogP contribution is -2.50. The molecule has 146 valence electrons. The Balaban J connectivity index is 1.57. The molecule has 0 bridgehead atoms. The Labute approximate surface area is 166 Å². The Morgan fingerprint density at radius 1 is 1.18 bits per heavy atom. The molecule has 3 aromatic rings. The van der Waals surface area contributed by atoms with Gasteiger partial charge in [-0.2, -0.15) is 5.10 Å². The van der Waals surface area contributed by atoms with Gasteiger partial charge in [0.05, 0.1) is 5.52 Å². The second-order valence-corrected chi connectivity index (χ2v) is 8.16. The quantitative estimate of drug-likeness (QED) is 0.703. The Hall–Kier alpha value is -2.66. The van der Waals surface area contributed by atoms with Gasteiger partial charge in [0.2, 0.25) is 0 Å². The molecule has 4 rings (SSSR count). The first-order valence-electron chi connectivity index (χ1n) is 10.00. The van der Waals surface area contributed by atoms with Crippen molar-refractivity contribution in [1.82, 2.24) is 20.4 Å². The zero-order valence-electron chi connectivity index (χ0n) is 16.9. The molecule has 1 saturated carbocycles. The number of aromatic nitrogens is 2. The van der Waals surface area contributed by atoms with E-state index in [-0.39, 0.29) is 11.4 Å². The van der Waals surface area contributed by atoms with Crippen molar-refractivity contribution in [2.75, 3.05) is 20.6 Å². The maximum Gasteiger partial charge on any atom is 0.251 e. The van der Waals surface area contributed by atoms with Crippen LogP contribution < -0.4 is 5.32 Å². The average molecular weight is 377 g/mol. The van der Waals surface area contributed by atoms with Gasteiger partial charge in [0.1, 0.15) is 5.69 Å². The van der Waals surface area contributed by atoms with E-state index in [1.807, 2.05) is 36.4 Å². The molecule has 0 aliphatic heterocycles. The highest BCUT2D eigenvalue weighted by Crippen LogP contribution is 2.33. The third-order valence-electron chi connectivity index (χ3n) is 6.26. The highest BCUT2D eigenvalue weighted by atomic mass is 16.1. The second kappa shape index (κ2) is 7.40. The van der Waals surface area contributed by atoms with Crippen LogP contribution in [-0.2, 0) is 0 Å². The Kier molecular flexibility index (Phi) is 4.94. The van der Waals surface area contributed by atoms with E-state index in [2.05, 4.69) is 47.5 Å². The van der Waals surface area contributed by atoms with Crippen LogP contribution >= 0.6 is 0 Å². The highest BCUT2D eigenvalue weighted by molar-refractivity contribution is 5.99. The molecule has 5 heteroatoms. The number of likely N-dealkylation sites (N-methyl/N-ethyl adjacent to an activating group) is 1. The fourth-order valence-electron chi connectivity index (χ4n) is 4.43. The molecule has 1 fully saturated rings. The Morgan fingerprint density at radius 2 is 1.93 bits per heavy atom. The first kappa shape index (κ1) is 18.7. The molecule has 1 aliphatic carbocycles. The van der Waals surface area contributed by atoms with E-state index in [9.17, 15) is 4.79 Å². The summed E-state index contributed by atoms with van der Waals surface area (Å²) in [6, 6.07) is 13.9. The van der Waals surface area contributed by atoms with Gasteiger partial charge >= 0.3 is 0 Å². The third kappa shape index (κ3) is 3.31. The molecule has 0 unspecified atom stereocenters. The molecule has 2 aromatic carbocycles. The van der Waals surface area contributed by atoms with Crippen LogP contribution in [0.25, 0.3) is 22.2 Å². The second-order valence-electron chi connectivity index (χ2n) is 8.16. The largest absolute Gasteiger partial charge is 0.350 e. The zero-order valence-corrected chi connectivity index (χ0v) is 16.9. The molecular weight excluding hydrogens is 348 g/mol. The molecule has 5 nitrogen and oxygen atoms in total. The number of hydrogen-bond acceptors (Lipinski definition) is 3. The van der Waals surface area contributed by atoms with Gasteiger partial charge < -0.3 is 10.2 Å². The van der Waals surface area contributed by atoms with Gasteiger partial charge in [0.15, 0.2) is 0 Å². The van der Waals surface area contributed by atoms with E-state index in [0.717, 1.165) is 35.0 Å². The van der Waals surface area contributed by atoms with Crippen molar-refractivity contribution in [3.05, 3.63) is 53.6 Å². The fourth-order valence-corrected chi connectivity index (χ4v) is 4.43. The Morgan fingerprint density at radius 3 is 2.68 bits per heavy atom. The van der Waals surface area contributed by atoms with Gasteiger partial charge in [-0.1, -0.05) is 37.1 Å². The molecule has 0 spiro atoms. The number of amides is 1. The van der Waals surface area contributed by atoms with Crippen molar-refractivity contribution in [2.45, 2.75) is 38.1 Å². The molecule has 1 aliphatic rings. The molecular formula is C23H28N4O. The summed E-state index contributed by atoms with van der Waals surface area (Å²) < 4.78 is 0. The van der Waals surface area contributed by atoms with Crippen molar-refractivity contribution in [1.29, 1.82) is 0 Å². The van der Waals surface area contributed by atoms with Crippen LogP contribution in [0.3, 0.4) is 0 Å². The summed E-state index contributed by atoms with van der Waals surface area (Å²) >= 11 is 0. The summed E-state index contributed by atoms with van der Waals surface area (Å²) in [5.74, 6) is -0.0217. The molecule has 1 aromatic heterocycles. The minimum Gasteiger partial charge on any atom is -0.350 e. The number of aromatic amines is 1. The van der Waals surface area contributed by atoms with Gasteiger partial charge in [-0.05, 0) is 57.6 Å². The van der Waals surface area contributed by atoms with Crippen LogP contribution in [0.15, 0.2) is 42.5 Å². The van der Waals surface area contributed by atoms with E-state index in [1.165, 1.54) is 18.4 Å². The van der Waals surface area contributed by atoms with Crippen molar-refractivity contribution in [3.63, 3.8) is 0 Å².